The standard InChI is InChI=1S/C13H8BrClN2OS/c14-10-6-5-9(19-10)12-11(13(16)17-18-12)7-3-1-2-4-8(7)15/h1-6H,(H2,16,17). The van der Waals surface area contributed by atoms with Crippen LogP contribution in [0.3, 0.4) is 0 Å². The third-order valence-electron chi connectivity index (χ3n) is 2.66. The van der Waals surface area contributed by atoms with Crippen molar-refractivity contribution in [3.63, 3.8) is 0 Å². The topological polar surface area (TPSA) is 52.0 Å². The molecular weight excluding hydrogens is 348 g/mol. The van der Waals surface area contributed by atoms with Gasteiger partial charge < -0.3 is 10.3 Å². The number of aromatic nitrogens is 1. The zero-order valence-corrected chi connectivity index (χ0v) is 12.7. The summed E-state index contributed by atoms with van der Waals surface area (Å²) in [5.41, 5.74) is 7.47. The van der Waals surface area contributed by atoms with Gasteiger partial charge in [-0.05, 0) is 34.1 Å². The van der Waals surface area contributed by atoms with Crippen LogP contribution in [0.5, 0.6) is 0 Å². The minimum atomic E-state index is 0.340. The van der Waals surface area contributed by atoms with Crippen molar-refractivity contribution in [3.05, 3.63) is 45.2 Å². The highest BCUT2D eigenvalue weighted by Gasteiger charge is 2.20. The van der Waals surface area contributed by atoms with E-state index in [1.807, 2.05) is 36.4 Å². The van der Waals surface area contributed by atoms with Gasteiger partial charge in [0, 0.05) is 10.6 Å². The van der Waals surface area contributed by atoms with Gasteiger partial charge >= 0.3 is 0 Å². The second-order valence-corrected chi connectivity index (χ2v) is 6.73. The first-order valence-corrected chi connectivity index (χ1v) is 7.41. The van der Waals surface area contributed by atoms with Crippen LogP contribution in [0.15, 0.2) is 44.7 Å². The lowest BCUT2D eigenvalue weighted by Gasteiger charge is -2.03. The Kier molecular flexibility index (Phi) is 3.35. The molecule has 3 rings (SSSR count). The van der Waals surface area contributed by atoms with E-state index in [9.17, 15) is 0 Å². The summed E-state index contributed by atoms with van der Waals surface area (Å²) in [6.07, 6.45) is 0. The van der Waals surface area contributed by atoms with Crippen molar-refractivity contribution in [2.24, 2.45) is 0 Å². The Morgan fingerprint density at radius 2 is 2.00 bits per heavy atom. The summed E-state index contributed by atoms with van der Waals surface area (Å²) in [5, 5.41) is 4.47. The van der Waals surface area contributed by atoms with E-state index >= 15 is 0 Å². The lowest BCUT2D eigenvalue weighted by atomic mass is 10.1. The lowest BCUT2D eigenvalue weighted by molar-refractivity contribution is 0.437. The van der Waals surface area contributed by atoms with Gasteiger partial charge in [0.2, 0.25) is 0 Å². The second kappa shape index (κ2) is 5.00. The van der Waals surface area contributed by atoms with Crippen molar-refractivity contribution >= 4 is 44.7 Å². The summed E-state index contributed by atoms with van der Waals surface area (Å²) in [6.45, 7) is 0. The Hall–Kier alpha value is -1.30. The molecular formula is C13H8BrClN2OS. The van der Waals surface area contributed by atoms with Crippen molar-refractivity contribution in [1.29, 1.82) is 0 Å². The quantitative estimate of drug-likeness (QED) is 0.698. The van der Waals surface area contributed by atoms with Crippen LogP contribution in [-0.4, -0.2) is 5.16 Å². The van der Waals surface area contributed by atoms with Gasteiger partial charge in [-0.1, -0.05) is 35.0 Å². The third-order valence-corrected chi connectivity index (χ3v) is 4.61. The maximum Gasteiger partial charge on any atom is 0.186 e. The van der Waals surface area contributed by atoms with Gasteiger partial charge in [-0.3, -0.25) is 0 Å². The summed E-state index contributed by atoms with van der Waals surface area (Å²) in [5.74, 6) is 0.980. The highest BCUT2D eigenvalue weighted by Crippen LogP contribution is 2.42. The van der Waals surface area contributed by atoms with E-state index in [1.54, 1.807) is 11.3 Å². The maximum absolute atomic E-state index is 6.22. The van der Waals surface area contributed by atoms with Gasteiger partial charge in [-0.25, -0.2) is 0 Å². The molecule has 0 atom stereocenters. The Morgan fingerprint density at radius 3 is 2.68 bits per heavy atom. The zero-order chi connectivity index (χ0) is 13.4. The number of thiophene rings is 1. The maximum atomic E-state index is 6.22. The molecule has 0 aliphatic carbocycles. The van der Waals surface area contributed by atoms with Gasteiger partial charge in [-0.2, -0.15) is 0 Å². The number of halogens is 2. The molecule has 0 radical (unpaired) electrons. The predicted octanol–water partition coefficient (Wildman–Crippen LogP) is 5.07. The van der Waals surface area contributed by atoms with Crippen LogP contribution in [-0.2, 0) is 0 Å². The largest absolute Gasteiger partial charge is 0.380 e. The van der Waals surface area contributed by atoms with Gasteiger partial charge in [0.05, 0.1) is 14.2 Å². The van der Waals surface area contributed by atoms with E-state index < -0.39 is 0 Å². The summed E-state index contributed by atoms with van der Waals surface area (Å²) in [4.78, 5) is 0.950. The van der Waals surface area contributed by atoms with Gasteiger partial charge in [0.1, 0.15) is 0 Å². The van der Waals surface area contributed by atoms with Crippen LogP contribution in [0.25, 0.3) is 21.8 Å². The Bertz CT molecular complexity index is 738. The number of nitrogen functional groups attached to an aromatic ring is 1. The first-order chi connectivity index (χ1) is 9.16. The molecule has 0 bridgehead atoms. The van der Waals surface area contributed by atoms with Crippen LogP contribution in [0.4, 0.5) is 5.82 Å². The van der Waals surface area contributed by atoms with Crippen molar-refractivity contribution in [2.45, 2.75) is 0 Å². The molecule has 0 aliphatic rings. The zero-order valence-electron chi connectivity index (χ0n) is 9.56. The van der Waals surface area contributed by atoms with E-state index in [1.165, 1.54) is 0 Å². The fraction of sp³-hybridized carbons (Fsp3) is 0. The number of hydrogen-bond acceptors (Lipinski definition) is 4. The molecule has 2 N–H and O–H groups in total. The third kappa shape index (κ3) is 2.29. The van der Waals surface area contributed by atoms with Crippen LogP contribution < -0.4 is 5.73 Å². The average molecular weight is 356 g/mol. The van der Waals surface area contributed by atoms with Crippen LogP contribution >= 0.6 is 38.9 Å². The van der Waals surface area contributed by atoms with Crippen molar-refractivity contribution < 1.29 is 4.52 Å². The van der Waals surface area contributed by atoms with Gasteiger partial charge in [-0.15, -0.1) is 11.3 Å². The summed E-state index contributed by atoms with van der Waals surface area (Å²) < 4.78 is 6.38. The van der Waals surface area contributed by atoms with Gasteiger partial charge in [0.15, 0.2) is 11.6 Å². The minimum Gasteiger partial charge on any atom is -0.380 e. The highest BCUT2D eigenvalue weighted by molar-refractivity contribution is 9.11. The van der Waals surface area contributed by atoms with Crippen molar-refractivity contribution in [3.8, 4) is 21.8 Å². The molecule has 0 spiro atoms. The molecule has 0 saturated carbocycles. The molecule has 1 aromatic carbocycles. The number of rotatable bonds is 2. The molecule has 6 heteroatoms. The van der Waals surface area contributed by atoms with Crippen molar-refractivity contribution in [1.82, 2.24) is 5.16 Å². The molecule has 0 unspecified atom stereocenters. The number of hydrogen-bond donors (Lipinski definition) is 1. The number of nitrogens with zero attached hydrogens (tertiary/aromatic N) is 1. The molecule has 96 valence electrons. The summed E-state index contributed by atoms with van der Waals surface area (Å²) >= 11 is 11.2. The second-order valence-electron chi connectivity index (χ2n) is 3.86. The number of nitrogens with two attached hydrogens (primary N) is 1. The monoisotopic (exact) mass is 354 g/mol. The first-order valence-electron chi connectivity index (χ1n) is 5.42. The minimum absolute atomic E-state index is 0.340. The van der Waals surface area contributed by atoms with Crippen LogP contribution in [0, 0.1) is 0 Å². The summed E-state index contributed by atoms with van der Waals surface area (Å²) in [7, 11) is 0. The number of anilines is 1. The molecule has 0 amide bonds. The van der Waals surface area contributed by atoms with E-state index in [2.05, 4.69) is 21.1 Å². The van der Waals surface area contributed by atoms with E-state index in [-0.39, 0.29) is 0 Å². The highest BCUT2D eigenvalue weighted by atomic mass is 79.9. The van der Waals surface area contributed by atoms with Crippen LogP contribution in [0.2, 0.25) is 5.02 Å². The number of benzene rings is 1. The summed E-state index contributed by atoms with van der Waals surface area (Å²) in [6, 6.07) is 11.4. The molecule has 0 fully saturated rings. The molecule has 0 aliphatic heterocycles. The van der Waals surface area contributed by atoms with Crippen LogP contribution in [0.1, 0.15) is 0 Å². The van der Waals surface area contributed by atoms with E-state index in [0.29, 0.717) is 16.6 Å². The Morgan fingerprint density at radius 1 is 1.21 bits per heavy atom. The molecule has 2 heterocycles. The van der Waals surface area contributed by atoms with Gasteiger partial charge in [0.25, 0.3) is 0 Å². The van der Waals surface area contributed by atoms with E-state index in [4.69, 9.17) is 21.9 Å². The first kappa shape index (κ1) is 12.7. The average Bonchev–Trinajstić information content (AvgIpc) is 2.96. The molecule has 3 nitrogen and oxygen atoms in total. The fourth-order valence-corrected chi connectivity index (χ4v) is 3.43. The molecule has 0 saturated heterocycles. The van der Waals surface area contributed by atoms with E-state index in [0.717, 1.165) is 19.8 Å². The molecule has 2 aromatic heterocycles. The predicted molar refractivity (Wildman–Crippen MR) is 82.4 cm³/mol. The Balaban J connectivity index is 2.22. The SMILES string of the molecule is Nc1noc(-c2ccc(Br)s2)c1-c1ccccc1Cl. The van der Waals surface area contributed by atoms with Crippen molar-refractivity contribution in [2.75, 3.05) is 5.73 Å². The molecule has 19 heavy (non-hydrogen) atoms. The smallest absolute Gasteiger partial charge is 0.186 e. The molecule has 3 aromatic rings. The lowest BCUT2D eigenvalue weighted by Crippen LogP contribution is -1.89. The Labute approximate surface area is 127 Å². The fourth-order valence-electron chi connectivity index (χ4n) is 1.83. The normalized spacial score (nSPS) is 10.8.